The first-order chi connectivity index (χ1) is 6.26. The number of hydrogen-bond acceptors (Lipinski definition) is 1. The number of nitrogens with zero attached hydrogens (tertiary/aromatic N) is 1. The summed E-state index contributed by atoms with van der Waals surface area (Å²) in [7, 11) is 0. The molecule has 0 amide bonds. The summed E-state index contributed by atoms with van der Waals surface area (Å²) in [6.45, 7) is 10.9. The van der Waals surface area contributed by atoms with E-state index in [1.807, 2.05) is 0 Å². The minimum atomic E-state index is 0.932. The summed E-state index contributed by atoms with van der Waals surface area (Å²) in [5.41, 5.74) is 0. The minimum Gasteiger partial charge on any atom is -0.303 e. The van der Waals surface area contributed by atoms with Crippen LogP contribution in [0, 0.1) is 11.8 Å². The maximum atomic E-state index is 2.61. The highest BCUT2D eigenvalue weighted by atomic mass is 15.1. The highest BCUT2D eigenvalue weighted by Gasteiger charge is 2.19. The SMILES string of the molecule is CC[C@H](C)CC1CCCN(CC)C1. The molecule has 0 saturated carbocycles. The molecular formula is C12H25N. The van der Waals surface area contributed by atoms with E-state index in [4.69, 9.17) is 0 Å². The molecule has 1 rings (SSSR count). The van der Waals surface area contributed by atoms with Gasteiger partial charge in [0.15, 0.2) is 0 Å². The first kappa shape index (κ1) is 11.0. The van der Waals surface area contributed by atoms with E-state index < -0.39 is 0 Å². The molecular weight excluding hydrogens is 158 g/mol. The average Bonchev–Trinajstić information content (AvgIpc) is 2.18. The molecule has 1 nitrogen and oxygen atoms in total. The zero-order valence-electron chi connectivity index (χ0n) is 9.55. The lowest BCUT2D eigenvalue weighted by Crippen LogP contribution is -2.35. The molecule has 13 heavy (non-hydrogen) atoms. The summed E-state index contributed by atoms with van der Waals surface area (Å²) in [4.78, 5) is 2.61. The Labute approximate surface area is 83.5 Å². The smallest absolute Gasteiger partial charge is 0.000965 e. The molecule has 1 aliphatic heterocycles. The minimum absolute atomic E-state index is 0.932. The monoisotopic (exact) mass is 183 g/mol. The lowest BCUT2D eigenvalue weighted by Gasteiger charge is -2.33. The predicted molar refractivity (Wildman–Crippen MR) is 58.9 cm³/mol. The molecule has 1 unspecified atom stereocenters. The largest absolute Gasteiger partial charge is 0.303 e. The lowest BCUT2D eigenvalue weighted by atomic mass is 9.88. The first-order valence-corrected chi connectivity index (χ1v) is 5.98. The van der Waals surface area contributed by atoms with Crippen LogP contribution in [0.15, 0.2) is 0 Å². The standard InChI is InChI=1S/C12H25N/c1-4-11(3)9-12-7-6-8-13(5-2)10-12/h11-12H,4-10H2,1-3H3/t11-,12?/m0/s1. The summed E-state index contributed by atoms with van der Waals surface area (Å²) >= 11 is 0. The Bertz CT molecular complexity index is 131. The van der Waals surface area contributed by atoms with Crippen LogP contribution in [-0.2, 0) is 0 Å². The normalized spacial score (nSPS) is 27.5. The van der Waals surface area contributed by atoms with Gasteiger partial charge < -0.3 is 4.90 Å². The van der Waals surface area contributed by atoms with Crippen molar-refractivity contribution in [1.29, 1.82) is 0 Å². The van der Waals surface area contributed by atoms with Crippen LogP contribution < -0.4 is 0 Å². The molecule has 0 aromatic carbocycles. The van der Waals surface area contributed by atoms with E-state index in [1.54, 1.807) is 0 Å². The van der Waals surface area contributed by atoms with Crippen molar-refractivity contribution < 1.29 is 0 Å². The van der Waals surface area contributed by atoms with Gasteiger partial charge >= 0.3 is 0 Å². The van der Waals surface area contributed by atoms with E-state index in [2.05, 4.69) is 25.7 Å². The molecule has 0 radical (unpaired) electrons. The van der Waals surface area contributed by atoms with E-state index in [0.717, 1.165) is 11.8 Å². The fraction of sp³-hybridized carbons (Fsp3) is 1.00. The molecule has 1 saturated heterocycles. The maximum absolute atomic E-state index is 2.61. The lowest BCUT2D eigenvalue weighted by molar-refractivity contribution is 0.163. The summed E-state index contributed by atoms with van der Waals surface area (Å²) in [6.07, 6.45) is 5.70. The Morgan fingerprint density at radius 2 is 2.15 bits per heavy atom. The summed E-state index contributed by atoms with van der Waals surface area (Å²) in [6, 6.07) is 0. The van der Waals surface area contributed by atoms with Crippen molar-refractivity contribution in [2.24, 2.45) is 11.8 Å². The number of likely N-dealkylation sites (tertiary alicyclic amines) is 1. The molecule has 0 aliphatic carbocycles. The van der Waals surface area contributed by atoms with Gasteiger partial charge in [-0.15, -0.1) is 0 Å². The van der Waals surface area contributed by atoms with Crippen LogP contribution in [0.25, 0.3) is 0 Å². The van der Waals surface area contributed by atoms with Crippen molar-refractivity contribution in [3.63, 3.8) is 0 Å². The number of hydrogen-bond donors (Lipinski definition) is 0. The van der Waals surface area contributed by atoms with Gasteiger partial charge in [-0.2, -0.15) is 0 Å². The molecule has 1 heteroatoms. The van der Waals surface area contributed by atoms with E-state index >= 15 is 0 Å². The second-order valence-corrected chi connectivity index (χ2v) is 4.65. The van der Waals surface area contributed by atoms with E-state index in [0.29, 0.717) is 0 Å². The van der Waals surface area contributed by atoms with Gasteiger partial charge in [0.2, 0.25) is 0 Å². The summed E-state index contributed by atoms with van der Waals surface area (Å²) in [5.74, 6) is 1.92. The zero-order valence-corrected chi connectivity index (χ0v) is 9.55. The van der Waals surface area contributed by atoms with Crippen LogP contribution in [0.3, 0.4) is 0 Å². The van der Waals surface area contributed by atoms with Crippen LogP contribution in [0.5, 0.6) is 0 Å². The number of rotatable bonds is 4. The quantitative estimate of drug-likeness (QED) is 0.647. The van der Waals surface area contributed by atoms with Crippen LogP contribution in [-0.4, -0.2) is 24.5 Å². The second kappa shape index (κ2) is 5.64. The van der Waals surface area contributed by atoms with Gasteiger partial charge in [0.1, 0.15) is 0 Å². The third-order valence-electron chi connectivity index (χ3n) is 3.48. The van der Waals surface area contributed by atoms with Gasteiger partial charge in [0, 0.05) is 6.54 Å². The highest BCUT2D eigenvalue weighted by Crippen LogP contribution is 2.24. The van der Waals surface area contributed by atoms with Gasteiger partial charge in [0.25, 0.3) is 0 Å². The predicted octanol–water partition coefficient (Wildman–Crippen LogP) is 3.15. The van der Waals surface area contributed by atoms with Gasteiger partial charge in [-0.3, -0.25) is 0 Å². The summed E-state index contributed by atoms with van der Waals surface area (Å²) in [5, 5.41) is 0. The van der Waals surface area contributed by atoms with Crippen LogP contribution >= 0.6 is 0 Å². The van der Waals surface area contributed by atoms with Crippen molar-refractivity contribution in [2.75, 3.05) is 19.6 Å². The van der Waals surface area contributed by atoms with Crippen LogP contribution in [0.4, 0.5) is 0 Å². The topological polar surface area (TPSA) is 3.24 Å². The van der Waals surface area contributed by atoms with Crippen molar-refractivity contribution in [2.45, 2.75) is 46.5 Å². The summed E-state index contributed by atoms with van der Waals surface area (Å²) < 4.78 is 0. The van der Waals surface area contributed by atoms with Crippen LogP contribution in [0.1, 0.15) is 46.5 Å². The van der Waals surface area contributed by atoms with Crippen molar-refractivity contribution in [3.05, 3.63) is 0 Å². The Morgan fingerprint density at radius 3 is 2.77 bits per heavy atom. The third-order valence-corrected chi connectivity index (χ3v) is 3.48. The fourth-order valence-electron chi connectivity index (χ4n) is 2.37. The maximum Gasteiger partial charge on any atom is 0.000965 e. The van der Waals surface area contributed by atoms with Gasteiger partial charge in [-0.25, -0.2) is 0 Å². The van der Waals surface area contributed by atoms with Gasteiger partial charge in [-0.1, -0.05) is 27.2 Å². The zero-order chi connectivity index (χ0) is 9.68. The molecule has 0 aromatic rings. The Hall–Kier alpha value is -0.0400. The van der Waals surface area contributed by atoms with Crippen LogP contribution in [0.2, 0.25) is 0 Å². The molecule has 1 fully saturated rings. The fourth-order valence-corrected chi connectivity index (χ4v) is 2.37. The highest BCUT2D eigenvalue weighted by molar-refractivity contribution is 4.73. The van der Waals surface area contributed by atoms with Gasteiger partial charge in [-0.05, 0) is 44.2 Å². The molecule has 1 aliphatic rings. The van der Waals surface area contributed by atoms with E-state index in [-0.39, 0.29) is 0 Å². The molecule has 0 N–H and O–H groups in total. The van der Waals surface area contributed by atoms with E-state index in [9.17, 15) is 0 Å². The van der Waals surface area contributed by atoms with Gasteiger partial charge in [0.05, 0.1) is 0 Å². The molecule has 0 aromatic heterocycles. The van der Waals surface area contributed by atoms with Crippen molar-refractivity contribution >= 4 is 0 Å². The first-order valence-electron chi connectivity index (χ1n) is 5.98. The second-order valence-electron chi connectivity index (χ2n) is 4.65. The number of piperidine rings is 1. The van der Waals surface area contributed by atoms with Crippen molar-refractivity contribution in [1.82, 2.24) is 4.90 Å². The molecule has 0 spiro atoms. The third kappa shape index (κ3) is 3.68. The molecule has 1 heterocycles. The van der Waals surface area contributed by atoms with Crippen molar-refractivity contribution in [3.8, 4) is 0 Å². The average molecular weight is 183 g/mol. The Balaban J connectivity index is 2.25. The van der Waals surface area contributed by atoms with E-state index in [1.165, 1.54) is 45.3 Å². The molecule has 2 atom stereocenters. The molecule has 78 valence electrons. The Kier molecular flexibility index (Phi) is 4.79. The molecule has 0 bridgehead atoms. The Morgan fingerprint density at radius 1 is 1.38 bits per heavy atom.